The number of nitrogens with one attached hydrogen (secondary N) is 1. The molecule has 1 aliphatic heterocycles. The molecule has 104 valence electrons. The van der Waals surface area contributed by atoms with Crippen LogP contribution in [0, 0.1) is 21.7 Å². The summed E-state index contributed by atoms with van der Waals surface area (Å²) in [5.74, 6) is -1.97. The Hall–Kier alpha value is -1.64. The number of halogens is 2. The molecule has 0 aromatic heterocycles. The summed E-state index contributed by atoms with van der Waals surface area (Å²) in [6, 6.07) is 1.45. The Balaban J connectivity index is 2.06. The minimum atomic E-state index is -1.17. The topological polar surface area (TPSA) is 67.6 Å². The highest BCUT2D eigenvalue weighted by Crippen LogP contribution is 2.21. The highest BCUT2D eigenvalue weighted by atomic mass is 19.1. The lowest BCUT2D eigenvalue weighted by molar-refractivity contribution is -0.387. The number of ether oxygens (including phenoxy) is 1. The predicted octanol–water partition coefficient (Wildman–Crippen LogP) is 1.21. The van der Waals surface area contributed by atoms with E-state index < -0.39 is 22.2 Å². The molecule has 0 bridgehead atoms. The van der Waals surface area contributed by atoms with E-state index in [1.165, 1.54) is 0 Å². The Kier molecular flexibility index (Phi) is 4.35. The van der Waals surface area contributed by atoms with Gasteiger partial charge in [0.2, 0.25) is 5.82 Å². The summed E-state index contributed by atoms with van der Waals surface area (Å²) in [7, 11) is 0. The summed E-state index contributed by atoms with van der Waals surface area (Å²) in [6.07, 6.45) is 0. The van der Waals surface area contributed by atoms with Crippen LogP contribution >= 0.6 is 0 Å². The standard InChI is InChI=1S/C11H13F2N3O3/c12-9-6-10(13)11(16(17)18)5-8(9)7-14-15-1-3-19-4-2-15/h5-6,14H,1-4,7H2. The smallest absolute Gasteiger partial charge is 0.305 e. The van der Waals surface area contributed by atoms with E-state index >= 15 is 0 Å². The lowest BCUT2D eigenvalue weighted by Crippen LogP contribution is -2.45. The van der Waals surface area contributed by atoms with E-state index in [1.807, 2.05) is 5.01 Å². The van der Waals surface area contributed by atoms with Gasteiger partial charge in [0.25, 0.3) is 0 Å². The van der Waals surface area contributed by atoms with Crippen LogP contribution in [0.15, 0.2) is 12.1 Å². The van der Waals surface area contributed by atoms with Crippen molar-refractivity contribution in [3.63, 3.8) is 0 Å². The van der Waals surface area contributed by atoms with Crippen molar-refractivity contribution in [1.82, 2.24) is 10.4 Å². The number of rotatable bonds is 4. The summed E-state index contributed by atoms with van der Waals surface area (Å²) >= 11 is 0. The molecule has 1 aromatic carbocycles. The van der Waals surface area contributed by atoms with Crippen LogP contribution in [0.25, 0.3) is 0 Å². The second kappa shape index (κ2) is 6.00. The quantitative estimate of drug-likeness (QED) is 0.659. The lowest BCUT2D eigenvalue weighted by Gasteiger charge is -2.27. The van der Waals surface area contributed by atoms with Gasteiger partial charge >= 0.3 is 5.69 Å². The first-order chi connectivity index (χ1) is 9.08. The van der Waals surface area contributed by atoms with E-state index in [0.29, 0.717) is 32.4 Å². The van der Waals surface area contributed by atoms with Gasteiger partial charge in [0.1, 0.15) is 5.82 Å². The number of nitro groups is 1. The van der Waals surface area contributed by atoms with Gasteiger partial charge in [-0.05, 0) is 0 Å². The molecule has 2 rings (SSSR count). The van der Waals surface area contributed by atoms with Gasteiger partial charge in [-0.2, -0.15) is 4.39 Å². The van der Waals surface area contributed by atoms with Crippen molar-refractivity contribution in [2.75, 3.05) is 26.3 Å². The first-order valence-corrected chi connectivity index (χ1v) is 5.76. The number of hydrogen-bond donors (Lipinski definition) is 1. The monoisotopic (exact) mass is 273 g/mol. The van der Waals surface area contributed by atoms with E-state index in [1.54, 1.807) is 0 Å². The molecule has 1 saturated heterocycles. The zero-order valence-electron chi connectivity index (χ0n) is 10.1. The van der Waals surface area contributed by atoms with Gasteiger partial charge in [-0.25, -0.2) is 9.40 Å². The van der Waals surface area contributed by atoms with Crippen LogP contribution in [0.1, 0.15) is 5.56 Å². The summed E-state index contributed by atoms with van der Waals surface area (Å²) in [4.78, 5) is 9.72. The van der Waals surface area contributed by atoms with Gasteiger partial charge < -0.3 is 4.74 Å². The zero-order chi connectivity index (χ0) is 13.8. The van der Waals surface area contributed by atoms with Crippen molar-refractivity contribution in [3.05, 3.63) is 39.4 Å². The summed E-state index contributed by atoms with van der Waals surface area (Å²) < 4.78 is 31.8. The van der Waals surface area contributed by atoms with Gasteiger partial charge in [-0.15, -0.1) is 0 Å². The Morgan fingerprint density at radius 3 is 2.63 bits per heavy atom. The number of nitrogens with zero attached hydrogens (tertiary/aromatic N) is 2. The van der Waals surface area contributed by atoms with Gasteiger partial charge in [-0.1, -0.05) is 0 Å². The summed E-state index contributed by atoms with van der Waals surface area (Å²) in [5, 5.41) is 12.4. The first-order valence-electron chi connectivity index (χ1n) is 5.76. The third kappa shape index (κ3) is 3.43. The number of morpholine rings is 1. The number of hydrogen-bond acceptors (Lipinski definition) is 5. The first kappa shape index (κ1) is 13.8. The van der Waals surface area contributed by atoms with Crippen molar-refractivity contribution in [1.29, 1.82) is 0 Å². The fourth-order valence-electron chi connectivity index (χ4n) is 1.77. The largest absolute Gasteiger partial charge is 0.379 e. The van der Waals surface area contributed by atoms with Crippen molar-refractivity contribution in [2.45, 2.75) is 6.54 Å². The molecular formula is C11H13F2N3O3. The summed E-state index contributed by atoms with van der Waals surface area (Å²) in [6.45, 7) is 2.49. The van der Waals surface area contributed by atoms with Crippen LogP contribution in [0.4, 0.5) is 14.5 Å². The third-order valence-electron chi connectivity index (χ3n) is 2.82. The van der Waals surface area contributed by atoms with Crippen LogP contribution in [0.2, 0.25) is 0 Å². The molecule has 1 aliphatic rings. The third-order valence-corrected chi connectivity index (χ3v) is 2.82. The highest BCUT2D eigenvalue weighted by Gasteiger charge is 2.19. The van der Waals surface area contributed by atoms with E-state index in [4.69, 9.17) is 4.74 Å². The van der Waals surface area contributed by atoms with Crippen molar-refractivity contribution in [3.8, 4) is 0 Å². The van der Waals surface area contributed by atoms with Crippen molar-refractivity contribution in [2.24, 2.45) is 0 Å². The van der Waals surface area contributed by atoms with Crippen molar-refractivity contribution >= 4 is 5.69 Å². The fraction of sp³-hybridized carbons (Fsp3) is 0.455. The Morgan fingerprint density at radius 1 is 1.32 bits per heavy atom. The zero-order valence-corrected chi connectivity index (χ0v) is 10.1. The average molecular weight is 273 g/mol. The highest BCUT2D eigenvalue weighted by molar-refractivity contribution is 5.37. The predicted molar refractivity (Wildman–Crippen MR) is 62.2 cm³/mol. The molecule has 0 aliphatic carbocycles. The molecule has 8 heteroatoms. The van der Waals surface area contributed by atoms with Crippen LogP contribution in [-0.2, 0) is 11.3 Å². The molecule has 0 saturated carbocycles. The van der Waals surface area contributed by atoms with E-state index in [9.17, 15) is 18.9 Å². The SMILES string of the molecule is O=[N+]([O-])c1cc(CNN2CCOCC2)c(F)cc1F. The van der Waals surface area contributed by atoms with Crippen LogP contribution < -0.4 is 5.43 Å². The van der Waals surface area contributed by atoms with Crippen LogP contribution in [-0.4, -0.2) is 36.2 Å². The molecule has 0 atom stereocenters. The Labute approximate surface area is 108 Å². The normalized spacial score (nSPS) is 16.5. The minimum absolute atomic E-state index is 0.0552. The maximum atomic E-state index is 13.5. The van der Waals surface area contributed by atoms with Gasteiger partial charge in [0.05, 0.1) is 18.1 Å². The van der Waals surface area contributed by atoms with E-state index in [2.05, 4.69) is 5.43 Å². The van der Waals surface area contributed by atoms with Gasteiger partial charge in [0, 0.05) is 37.3 Å². The Morgan fingerprint density at radius 2 is 2.00 bits per heavy atom. The van der Waals surface area contributed by atoms with E-state index in [0.717, 1.165) is 6.07 Å². The molecule has 1 N–H and O–H groups in total. The second-order valence-corrected chi connectivity index (χ2v) is 4.09. The van der Waals surface area contributed by atoms with Crippen LogP contribution in [0.3, 0.4) is 0 Å². The van der Waals surface area contributed by atoms with Crippen molar-refractivity contribution < 1.29 is 18.4 Å². The number of hydrazine groups is 1. The molecule has 0 radical (unpaired) electrons. The molecule has 1 heterocycles. The van der Waals surface area contributed by atoms with Gasteiger partial charge in [0.15, 0.2) is 0 Å². The second-order valence-electron chi connectivity index (χ2n) is 4.09. The fourth-order valence-corrected chi connectivity index (χ4v) is 1.77. The summed E-state index contributed by atoms with van der Waals surface area (Å²) in [5.41, 5.74) is 2.27. The molecule has 1 fully saturated rings. The molecule has 0 unspecified atom stereocenters. The lowest BCUT2D eigenvalue weighted by atomic mass is 10.2. The molecule has 19 heavy (non-hydrogen) atoms. The molecule has 1 aromatic rings. The van der Waals surface area contributed by atoms with Crippen LogP contribution in [0.5, 0.6) is 0 Å². The number of benzene rings is 1. The average Bonchev–Trinajstić information content (AvgIpc) is 2.38. The molecule has 0 amide bonds. The minimum Gasteiger partial charge on any atom is -0.379 e. The van der Waals surface area contributed by atoms with Gasteiger partial charge in [-0.3, -0.25) is 15.5 Å². The maximum Gasteiger partial charge on any atom is 0.305 e. The molecule has 6 nitrogen and oxygen atoms in total. The number of nitro benzene ring substituents is 1. The maximum absolute atomic E-state index is 13.5. The van der Waals surface area contributed by atoms with E-state index in [-0.39, 0.29) is 12.1 Å². The Bertz CT molecular complexity index is 478. The molecule has 0 spiro atoms. The molecular weight excluding hydrogens is 260 g/mol.